The Morgan fingerprint density at radius 1 is 1.58 bits per heavy atom. The summed E-state index contributed by atoms with van der Waals surface area (Å²) in [7, 11) is 0. The monoisotopic (exact) mass is 278 g/mol. The standard InChI is InChI=1S/C11H10N4O3S/c1-5-4-19-10(13-5)6-7(11(17)18)14-15-3-2-12-9(16)8(6)15/h4H,2-3H2,1H3,(H,12,16)(H,17,18). The van der Waals surface area contributed by atoms with E-state index in [1.54, 1.807) is 0 Å². The Morgan fingerprint density at radius 3 is 3.00 bits per heavy atom. The molecular weight excluding hydrogens is 268 g/mol. The number of nitrogens with zero attached hydrogens (tertiary/aromatic N) is 3. The number of carbonyl (C=O) groups excluding carboxylic acids is 1. The van der Waals surface area contributed by atoms with Crippen LogP contribution in [0.1, 0.15) is 26.7 Å². The SMILES string of the molecule is Cc1csc(-c2c(C(=O)O)nn3c2C(=O)NCC3)n1. The van der Waals surface area contributed by atoms with Crippen molar-refractivity contribution in [2.24, 2.45) is 0 Å². The molecule has 0 aliphatic carbocycles. The number of aryl methyl sites for hydroxylation is 1. The van der Waals surface area contributed by atoms with Crippen LogP contribution in [-0.4, -0.2) is 38.3 Å². The van der Waals surface area contributed by atoms with Crippen LogP contribution in [0.5, 0.6) is 0 Å². The van der Waals surface area contributed by atoms with Gasteiger partial charge >= 0.3 is 5.97 Å². The molecule has 2 aromatic rings. The zero-order chi connectivity index (χ0) is 13.6. The van der Waals surface area contributed by atoms with Gasteiger partial charge in [0.2, 0.25) is 0 Å². The maximum atomic E-state index is 11.9. The van der Waals surface area contributed by atoms with Gasteiger partial charge in [-0.1, -0.05) is 0 Å². The quantitative estimate of drug-likeness (QED) is 0.845. The number of hydrogen-bond donors (Lipinski definition) is 2. The highest BCUT2D eigenvalue weighted by atomic mass is 32.1. The molecule has 0 spiro atoms. The molecule has 7 nitrogen and oxygen atoms in total. The summed E-state index contributed by atoms with van der Waals surface area (Å²) in [6.45, 7) is 2.73. The molecule has 1 aliphatic heterocycles. The molecule has 2 N–H and O–H groups in total. The molecule has 3 rings (SSSR count). The second-order valence-corrected chi connectivity index (χ2v) is 5.01. The molecule has 0 unspecified atom stereocenters. The fraction of sp³-hybridized carbons (Fsp3) is 0.273. The van der Waals surface area contributed by atoms with E-state index in [2.05, 4.69) is 15.4 Å². The number of aromatic nitrogens is 3. The number of hydrogen-bond acceptors (Lipinski definition) is 5. The molecular formula is C11H10N4O3S. The zero-order valence-electron chi connectivity index (χ0n) is 10.0. The molecule has 0 radical (unpaired) electrons. The van der Waals surface area contributed by atoms with E-state index in [0.29, 0.717) is 23.7 Å². The number of carbonyl (C=O) groups is 2. The van der Waals surface area contributed by atoms with Crippen molar-refractivity contribution in [3.8, 4) is 10.6 Å². The lowest BCUT2D eigenvalue weighted by Crippen LogP contribution is -2.35. The number of carboxylic acid groups (broad SMARTS) is 1. The van der Waals surface area contributed by atoms with Crippen LogP contribution in [0.2, 0.25) is 0 Å². The Hall–Kier alpha value is -2.22. The van der Waals surface area contributed by atoms with Gasteiger partial charge in [0.1, 0.15) is 10.7 Å². The molecule has 1 aliphatic rings. The summed E-state index contributed by atoms with van der Waals surface area (Å²) in [5.41, 5.74) is 1.25. The van der Waals surface area contributed by atoms with Gasteiger partial charge in [-0.3, -0.25) is 9.48 Å². The number of rotatable bonds is 2. The van der Waals surface area contributed by atoms with Gasteiger partial charge in [0, 0.05) is 17.6 Å². The van der Waals surface area contributed by atoms with E-state index in [-0.39, 0.29) is 17.3 Å². The third-order valence-corrected chi connectivity index (χ3v) is 3.79. The Bertz CT molecular complexity index is 688. The molecule has 0 aromatic carbocycles. The van der Waals surface area contributed by atoms with Crippen molar-refractivity contribution >= 4 is 23.2 Å². The predicted octanol–water partition coefficient (Wildman–Crippen LogP) is 0.757. The van der Waals surface area contributed by atoms with Gasteiger partial charge in [0.15, 0.2) is 5.69 Å². The van der Waals surface area contributed by atoms with Crippen molar-refractivity contribution in [2.45, 2.75) is 13.5 Å². The normalized spacial score (nSPS) is 14.1. The molecule has 0 atom stereocenters. The summed E-state index contributed by atoms with van der Waals surface area (Å²) in [5.74, 6) is -1.47. The first-order chi connectivity index (χ1) is 9.08. The summed E-state index contributed by atoms with van der Waals surface area (Å²) in [6.07, 6.45) is 0. The summed E-state index contributed by atoms with van der Waals surface area (Å²) in [5, 5.41) is 18.3. The molecule has 98 valence electrons. The third-order valence-electron chi connectivity index (χ3n) is 2.81. The smallest absolute Gasteiger partial charge is 0.357 e. The maximum Gasteiger partial charge on any atom is 0.357 e. The van der Waals surface area contributed by atoms with E-state index >= 15 is 0 Å². The molecule has 0 bridgehead atoms. The molecule has 1 amide bonds. The van der Waals surface area contributed by atoms with Gasteiger partial charge in [0.25, 0.3) is 5.91 Å². The van der Waals surface area contributed by atoms with Gasteiger partial charge in [-0.15, -0.1) is 11.3 Å². The lowest BCUT2D eigenvalue weighted by atomic mass is 10.1. The second-order valence-electron chi connectivity index (χ2n) is 4.15. The highest BCUT2D eigenvalue weighted by Gasteiger charge is 2.31. The van der Waals surface area contributed by atoms with Crippen molar-refractivity contribution in [3.63, 3.8) is 0 Å². The molecule has 3 heterocycles. The van der Waals surface area contributed by atoms with Crippen molar-refractivity contribution in [1.82, 2.24) is 20.1 Å². The van der Waals surface area contributed by atoms with E-state index in [4.69, 9.17) is 0 Å². The molecule has 19 heavy (non-hydrogen) atoms. The van der Waals surface area contributed by atoms with E-state index in [1.165, 1.54) is 16.0 Å². The first-order valence-electron chi connectivity index (χ1n) is 5.62. The minimum absolute atomic E-state index is 0.124. The molecule has 0 fully saturated rings. The van der Waals surface area contributed by atoms with Gasteiger partial charge in [-0.2, -0.15) is 5.10 Å². The van der Waals surface area contributed by atoms with Crippen LogP contribution in [-0.2, 0) is 6.54 Å². The average molecular weight is 278 g/mol. The fourth-order valence-electron chi connectivity index (χ4n) is 2.03. The minimum Gasteiger partial charge on any atom is -0.476 e. The van der Waals surface area contributed by atoms with E-state index in [1.807, 2.05) is 12.3 Å². The summed E-state index contributed by atoms with van der Waals surface area (Å²) in [4.78, 5) is 27.5. The predicted molar refractivity (Wildman–Crippen MR) is 67.4 cm³/mol. The maximum absolute atomic E-state index is 11.9. The first-order valence-corrected chi connectivity index (χ1v) is 6.50. The van der Waals surface area contributed by atoms with Crippen LogP contribution >= 0.6 is 11.3 Å². The highest BCUT2D eigenvalue weighted by molar-refractivity contribution is 7.13. The summed E-state index contributed by atoms with van der Waals surface area (Å²) in [6, 6.07) is 0. The average Bonchev–Trinajstić information content (AvgIpc) is 2.93. The number of amides is 1. The second kappa shape index (κ2) is 4.16. The Morgan fingerprint density at radius 2 is 2.37 bits per heavy atom. The number of thiazole rings is 1. The Kier molecular flexibility index (Phi) is 2.59. The molecule has 0 saturated heterocycles. The summed E-state index contributed by atoms with van der Waals surface area (Å²) >= 11 is 1.31. The van der Waals surface area contributed by atoms with Crippen molar-refractivity contribution in [1.29, 1.82) is 0 Å². The van der Waals surface area contributed by atoms with Crippen molar-refractivity contribution in [3.05, 3.63) is 22.5 Å². The number of nitrogens with one attached hydrogen (secondary N) is 1. The zero-order valence-corrected chi connectivity index (χ0v) is 10.8. The summed E-state index contributed by atoms with van der Waals surface area (Å²) < 4.78 is 1.44. The van der Waals surface area contributed by atoms with Crippen LogP contribution in [0.3, 0.4) is 0 Å². The number of fused-ring (bicyclic) bond motifs is 1. The van der Waals surface area contributed by atoms with Crippen molar-refractivity contribution in [2.75, 3.05) is 6.54 Å². The van der Waals surface area contributed by atoms with Gasteiger partial charge in [-0.25, -0.2) is 9.78 Å². The van der Waals surface area contributed by atoms with Crippen LogP contribution in [0.15, 0.2) is 5.38 Å². The van der Waals surface area contributed by atoms with Crippen LogP contribution in [0.25, 0.3) is 10.6 Å². The van der Waals surface area contributed by atoms with Gasteiger partial charge in [-0.05, 0) is 6.92 Å². The van der Waals surface area contributed by atoms with Crippen LogP contribution < -0.4 is 5.32 Å². The topological polar surface area (TPSA) is 97.1 Å². The van der Waals surface area contributed by atoms with E-state index < -0.39 is 5.97 Å². The van der Waals surface area contributed by atoms with E-state index in [0.717, 1.165) is 5.69 Å². The van der Waals surface area contributed by atoms with E-state index in [9.17, 15) is 14.7 Å². The molecule has 8 heteroatoms. The number of carboxylic acids is 1. The first kappa shape index (κ1) is 11.8. The van der Waals surface area contributed by atoms with Gasteiger partial charge in [0.05, 0.1) is 12.1 Å². The van der Waals surface area contributed by atoms with Gasteiger partial charge < -0.3 is 10.4 Å². The largest absolute Gasteiger partial charge is 0.476 e. The minimum atomic E-state index is -1.16. The molecule has 0 saturated carbocycles. The number of aromatic carboxylic acids is 1. The Balaban J connectivity index is 2.29. The van der Waals surface area contributed by atoms with Crippen LogP contribution in [0.4, 0.5) is 0 Å². The highest BCUT2D eigenvalue weighted by Crippen LogP contribution is 2.31. The molecule has 2 aromatic heterocycles. The lowest BCUT2D eigenvalue weighted by molar-refractivity contribution is 0.0689. The fourth-order valence-corrected chi connectivity index (χ4v) is 2.88. The Labute approximate surface area is 111 Å². The van der Waals surface area contributed by atoms with Crippen molar-refractivity contribution < 1.29 is 14.7 Å². The lowest BCUT2D eigenvalue weighted by Gasteiger charge is -2.14. The third kappa shape index (κ3) is 1.80. The van der Waals surface area contributed by atoms with Crippen LogP contribution in [0, 0.1) is 6.92 Å².